The van der Waals surface area contributed by atoms with Gasteiger partial charge in [0.15, 0.2) is 24.2 Å². The highest BCUT2D eigenvalue weighted by molar-refractivity contribution is 7.49. The molecule has 2 aromatic rings. The van der Waals surface area contributed by atoms with Gasteiger partial charge in [-0.3, -0.25) is 28.4 Å². The normalized spacial score (nSPS) is 31.9. The van der Waals surface area contributed by atoms with Crippen molar-refractivity contribution < 1.29 is 37.1 Å². The van der Waals surface area contributed by atoms with E-state index in [0.29, 0.717) is 5.69 Å². The zero-order chi connectivity index (χ0) is 20.9. The van der Waals surface area contributed by atoms with Gasteiger partial charge in [-0.1, -0.05) is 0 Å². The minimum atomic E-state index is -3.97. The lowest BCUT2D eigenvalue weighted by molar-refractivity contribution is -0.0736. The molecule has 0 spiro atoms. The Bertz CT molecular complexity index is 1160. The Labute approximate surface area is 167 Å². The molecule has 2 saturated heterocycles. The van der Waals surface area contributed by atoms with Crippen LogP contribution in [-0.2, 0) is 34.4 Å². The molecule has 13 nitrogen and oxygen atoms in total. The Hall–Kier alpha value is -2.99. The molecule has 3 aliphatic heterocycles. The molecule has 0 bridgehead atoms. The summed E-state index contributed by atoms with van der Waals surface area (Å²) in [7, 11) is -3.97. The van der Waals surface area contributed by atoms with E-state index in [1.165, 1.54) is 6.20 Å². The number of hydrogen-bond acceptors (Lipinski definition) is 11. The van der Waals surface area contributed by atoms with Gasteiger partial charge in [0, 0.05) is 18.5 Å². The molecule has 0 saturated carbocycles. The summed E-state index contributed by atoms with van der Waals surface area (Å²) < 4.78 is 45.6. The molecular formula is C16H14N3O10P. The molecule has 2 fully saturated rings. The van der Waals surface area contributed by atoms with E-state index >= 15 is 0 Å². The van der Waals surface area contributed by atoms with E-state index in [2.05, 4.69) is 9.97 Å². The Morgan fingerprint density at radius 3 is 2.90 bits per heavy atom. The molecule has 30 heavy (non-hydrogen) atoms. The van der Waals surface area contributed by atoms with Crippen molar-refractivity contribution in [3.63, 3.8) is 0 Å². The number of aromatic nitrogens is 3. The monoisotopic (exact) mass is 439 g/mol. The van der Waals surface area contributed by atoms with Gasteiger partial charge in [0.1, 0.15) is 18.4 Å². The van der Waals surface area contributed by atoms with Gasteiger partial charge in [0.2, 0.25) is 0 Å². The van der Waals surface area contributed by atoms with E-state index in [9.17, 15) is 18.9 Å². The first-order chi connectivity index (χ1) is 14.4. The van der Waals surface area contributed by atoms with Crippen molar-refractivity contribution in [3.05, 3.63) is 57.1 Å². The van der Waals surface area contributed by atoms with E-state index in [4.69, 9.17) is 27.8 Å². The predicted octanol–water partition coefficient (Wildman–Crippen LogP) is 0.467. The van der Waals surface area contributed by atoms with Crippen LogP contribution in [0.4, 0.5) is 4.79 Å². The van der Waals surface area contributed by atoms with Crippen LogP contribution in [0.1, 0.15) is 11.9 Å². The molecule has 2 unspecified atom stereocenters. The summed E-state index contributed by atoms with van der Waals surface area (Å²) >= 11 is 0. The number of phosphoric acid groups is 1. The molecular weight excluding hydrogens is 425 g/mol. The van der Waals surface area contributed by atoms with Crippen molar-refractivity contribution in [2.24, 2.45) is 0 Å². The van der Waals surface area contributed by atoms with Crippen molar-refractivity contribution in [2.45, 2.75) is 31.1 Å². The van der Waals surface area contributed by atoms with Gasteiger partial charge in [0.05, 0.1) is 6.61 Å². The predicted molar refractivity (Wildman–Crippen MR) is 93.6 cm³/mol. The maximum Gasteiger partial charge on any atom is 0.530 e. The minimum absolute atomic E-state index is 0.0709. The van der Waals surface area contributed by atoms with Crippen molar-refractivity contribution in [1.29, 1.82) is 0 Å². The SMILES string of the molecule is O=C1O[C@@H]2[C@@H](COP3(=O)OCc4ncccc4O3)OC(n3ccc(=O)[nH]c3=O)[C@@H]2O1. The molecule has 5 atom stereocenters. The van der Waals surface area contributed by atoms with Crippen LogP contribution in [-0.4, -0.2) is 45.6 Å². The van der Waals surface area contributed by atoms with Gasteiger partial charge < -0.3 is 18.7 Å². The van der Waals surface area contributed by atoms with Crippen LogP contribution in [0.3, 0.4) is 0 Å². The number of hydrogen-bond donors (Lipinski definition) is 1. The van der Waals surface area contributed by atoms with Crippen molar-refractivity contribution in [2.75, 3.05) is 6.61 Å². The maximum absolute atomic E-state index is 12.8. The highest BCUT2D eigenvalue weighted by Gasteiger charge is 2.56. The van der Waals surface area contributed by atoms with Crippen LogP contribution >= 0.6 is 7.82 Å². The molecule has 2 aromatic heterocycles. The van der Waals surface area contributed by atoms with E-state index in [-0.39, 0.29) is 19.0 Å². The highest BCUT2D eigenvalue weighted by atomic mass is 31.2. The molecule has 0 aromatic carbocycles. The van der Waals surface area contributed by atoms with Gasteiger partial charge >= 0.3 is 19.7 Å². The first-order valence-electron chi connectivity index (χ1n) is 8.79. The van der Waals surface area contributed by atoms with Gasteiger partial charge in [-0.2, -0.15) is 0 Å². The van der Waals surface area contributed by atoms with Crippen LogP contribution in [0.2, 0.25) is 0 Å². The fourth-order valence-corrected chi connectivity index (χ4v) is 4.54. The quantitative estimate of drug-likeness (QED) is 0.521. The van der Waals surface area contributed by atoms with Crippen LogP contribution < -0.4 is 15.8 Å². The molecule has 0 radical (unpaired) electrons. The number of pyridine rings is 1. The summed E-state index contributed by atoms with van der Waals surface area (Å²) in [4.78, 5) is 41.2. The van der Waals surface area contributed by atoms with Crippen LogP contribution in [0.25, 0.3) is 0 Å². The second kappa shape index (κ2) is 7.06. The zero-order valence-corrected chi connectivity index (χ0v) is 15.9. The number of ether oxygens (including phenoxy) is 3. The number of carbonyl (C=O) groups excluding carboxylic acids is 1. The molecule has 0 amide bonds. The average molecular weight is 439 g/mol. The lowest BCUT2D eigenvalue weighted by Gasteiger charge is -2.25. The first kappa shape index (κ1) is 19.0. The largest absolute Gasteiger partial charge is 0.530 e. The summed E-state index contributed by atoms with van der Waals surface area (Å²) in [5.74, 6) is 0.269. The summed E-state index contributed by atoms with van der Waals surface area (Å²) in [5, 5.41) is 0. The van der Waals surface area contributed by atoms with Gasteiger partial charge in [-0.25, -0.2) is 14.2 Å². The molecule has 3 aliphatic rings. The van der Waals surface area contributed by atoms with Gasteiger partial charge in [-0.15, -0.1) is 0 Å². The zero-order valence-electron chi connectivity index (χ0n) is 15.0. The third-order valence-corrected chi connectivity index (χ3v) is 6.02. The topological polar surface area (TPSA) is 157 Å². The smallest absolute Gasteiger partial charge is 0.424 e. The van der Waals surface area contributed by atoms with Crippen molar-refractivity contribution >= 4 is 14.0 Å². The fraction of sp³-hybridized carbons (Fsp3) is 0.375. The molecule has 1 N–H and O–H groups in total. The highest BCUT2D eigenvalue weighted by Crippen LogP contribution is 2.54. The summed E-state index contributed by atoms with van der Waals surface area (Å²) in [5.41, 5.74) is -0.878. The summed E-state index contributed by atoms with van der Waals surface area (Å²) in [6.45, 7) is -0.419. The summed E-state index contributed by atoms with van der Waals surface area (Å²) in [6, 6.07) is 4.31. The Kier molecular flexibility index (Phi) is 4.47. The number of fused-ring (bicyclic) bond motifs is 2. The molecule has 5 rings (SSSR count). The Morgan fingerprint density at radius 2 is 2.07 bits per heavy atom. The number of rotatable bonds is 4. The molecule has 0 aliphatic carbocycles. The number of aromatic amines is 1. The number of carbonyl (C=O) groups is 1. The number of H-pyrrole nitrogens is 1. The number of nitrogens with zero attached hydrogens (tertiary/aromatic N) is 2. The summed E-state index contributed by atoms with van der Waals surface area (Å²) in [6.07, 6.45) is -2.14. The van der Waals surface area contributed by atoms with Crippen LogP contribution in [0, 0.1) is 0 Å². The van der Waals surface area contributed by atoms with Crippen LogP contribution in [0.15, 0.2) is 40.2 Å². The standard InChI is InChI=1S/C16H14N3O10P/c20-11-3-5-19(15(21)18-11)14-13-12(27-16(22)28-13)10(26-14)7-25-30(23)24-6-8-9(29-30)2-1-4-17-8/h1-5,10,12-14H,6-7H2,(H,18,20,21)/t10-,12-,13-,14?,30?/m1/s1. The van der Waals surface area contributed by atoms with E-state index < -0.39 is 49.8 Å². The Morgan fingerprint density at radius 1 is 1.23 bits per heavy atom. The average Bonchev–Trinajstić information content (AvgIpc) is 3.24. The third kappa shape index (κ3) is 3.31. The minimum Gasteiger partial charge on any atom is -0.424 e. The van der Waals surface area contributed by atoms with Crippen molar-refractivity contribution in [3.8, 4) is 5.75 Å². The molecule has 158 valence electrons. The van der Waals surface area contributed by atoms with Crippen LogP contribution in [0.5, 0.6) is 5.75 Å². The van der Waals surface area contributed by atoms with Gasteiger partial charge in [0.25, 0.3) is 5.56 Å². The molecule has 5 heterocycles. The number of phosphoric ester groups is 1. The Balaban J connectivity index is 1.34. The lowest BCUT2D eigenvalue weighted by atomic mass is 10.1. The molecule has 14 heteroatoms. The van der Waals surface area contributed by atoms with Crippen molar-refractivity contribution in [1.82, 2.24) is 14.5 Å². The third-order valence-electron chi connectivity index (χ3n) is 4.69. The van der Waals surface area contributed by atoms with Gasteiger partial charge in [-0.05, 0) is 12.1 Å². The van der Waals surface area contributed by atoms with E-state index in [1.54, 1.807) is 18.3 Å². The maximum atomic E-state index is 12.8. The fourth-order valence-electron chi connectivity index (χ4n) is 3.34. The first-order valence-corrected chi connectivity index (χ1v) is 10.2. The van der Waals surface area contributed by atoms with E-state index in [1.807, 2.05) is 0 Å². The lowest BCUT2D eigenvalue weighted by Crippen LogP contribution is -2.36. The second-order valence-electron chi connectivity index (χ2n) is 6.55. The second-order valence-corrected chi connectivity index (χ2v) is 8.15. The van der Waals surface area contributed by atoms with E-state index in [0.717, 1.165) is 10.6 Å². The number of nitrogens with one attached hydrogen (secondary N) is 1.